The van der Waals surface area contributed by atoms with Crippen LogP contribution in [0.4, 0.5) is 11.4 Å². The summed E-state index contributed by atoms with van der Waals surface area (Å²) in [6.45, 7) is 7.07. The van der Waals surface area contributed by atoms with Gasteiger partial charge in [-0.1, -0.05) is 13.8 Å². The molecule has 1 N–H and O–H groups in total. The minimum absolute atomic E-state index is 0.0377. The molecular formula is C19H27N3O3S. The van der Waals surface area contributed by atoms with E-state index in [0.29, 0.717) is 19.6 Å². The average Bonchev–Trinajstić information content (AvgIpc) is 2.81. The standard InChI is InChI=1S/C19H27N3O3S/c1-19(2)11-14-13-22(17(19)12-20-18(14)23)16-5-3-15(4-6-16)21-7-9-26(24,25)10-8-21/h3-6,14,17H,7-13H2,1-2H3,(H,20,23). The van der Waals surface area contributed by atoms with Crippen molar-refractivity contribution in [3.8, 4) is 0 Å². The summed E-state index contributed by atoms with van der Waals surface area (Å²) in [7, 11) is -2.87. The third-order valence-electron chi connectivity index (χ3n) is 6.20. The van der Waals surface area contributed by atoms with Crippen LogP contribution in [0.3, 0.4) is 0 Å². The Labute approximate surface area is 155 Å². The lowest BCUT2D eigenvalue weighted by molar-refractivity contribution is -0.124. The van der Waals surface area contributed by atoms with E-state index in [0.717, 1.165) is 24.3 Å². The Bertz CT molecular complexity index is 790. The van der Waals surface area contributed by atoms with Crippen molar-refractivity contribution in [3.63, 3.8) is 0 Å². The van der Waals surface area contributed by atoms with Crippen molar-refractivity contribution in [2.24, 2.45) is 11.3 Å². The van der Waals surface area contributed by atoms with Crippen LogP contribution in [0.2, 0.25) is 0 Å². The number of fused-ring (bicyclic) bond motifs is 4. The zero-order chi connectivity index (χ0) is 18.5. The van der Waals surface area contributed by atoms with Gasteiger partial charge in [0.2, 0.25) is 5.91 Å². The monoisotopic (exact) mass is 377 g/mol. The maximum absolute atomic E-state index is 12.3. The van der Waals surface area contributed by atoms with Crippen LogP contribution in [0.1, 0.15) is 20.3 Å². The maximum atomic E-state index is 12.3. The highest BCUT2D eigenvalue weighted by Gasteiger charge is 2.46. The van der Waals surface area contributed by atoms with E-state index in [-0.39, 0.29) is 34.8 Å². The minimum atomic E-state index is -2.87. The van der Waals surface area contributed by atoms with E-state index in [4.69, 9.17) is 0 Å². The molecule has 2 unspecified atom stereocenters. The van der Waals surface area contributed by atoms with Gasteiger partial charge in [-0.25, -0.2) is 8.42 Å². The number of piperidine rings is 1. The molecule has 4 fully saturated rings. The number of amides is 1. The second-order valence-electron chi connectivity index (χ2n) is 8.46. The summed E-state index contributed by atoms with van der Waals surface area (Å²) >= 11 is 0. The molecule has 26 heavy (non-hydrogen) atoms. The van der Waals surface area contributed by atoms with Crippen molar-refractivity contribution in [1.82, 2.24) is 5.32 Å². The first kappa shape index (κ1) is 17.6. The Morgan fingerprint density at radius 3 is 2.35 bits per heavy atom. The first-order valence-corrected chi connectivity index (χ1v) is 11.2. The maximum Gasteiger partial charge on any atom is 0.224 e. The van der Waals surface area contributed by atoms with Crippen molar-refractivity contribution in [2.75, 3.05) is 47.5 Å². The van der Waals surface area contributed by atoms with Crippen LogP contribution in [0.15, 0.2) is 24.3 Å². The van der Waals surface area contributed by atoms with Crippen molar-refractivity contribution >= 4 is 27.1 Å². The number of hydrogen-bond donors (Lipinski definition) is 1. The molecule has 7 heteroatoms. The number of nitrogens with one attached hydrogen (secondary N) is 1. The molecule has 142 valence electrons. The van der Waals surface area contributed by atoms with Crippen LogP contribution in [0, 0.1) is 11.3 Å². The SMILES string of the molecule is CC1(C)CC2CN(c3ccc(N4CCS(=O)(=O)CC4)cc3)C1CNC2=O. The Hall–Kier alpha value is -1.76. The molecule has 1 aromatic rings. The van der Waals surface area contributed by atoms with Crippen LogP contribution in [0.5, 0.6) is 0 Å². The number of nitrogens with zero attached hydrogens (tertiary/aromatic N) is 2. The van der Waals surface area contributed by atoms with Gasteiger partial charge in [-0.2, -0.15) is 0 Å². The van der Waals surface area contributed by atoms with Crippen LogP contribution >= 0.6 is 0 Å². The summed E-state index contributed by atoms with van der Waals surface area (Å²) in [6, 6.07) is 8.66. The first-order valence-electron chi connectivity index (χ1n) is 9.35. The van der Waals surface area contributed by atoms with Crippen LogP contribution in [-0.2, 0) is 14.6 Å². The molecular weight excluding hydrogens is 350 g/mol. The summed E-state index contributed by atoms with van der Waals surface area (Å²) in [4.78, 5) is 16.8. The van der Waals surface area contributed by atoms with Gasteiger partial charge >= 0.3 is 0 Å². The van der Waals surface area contributed by atoms with Crippen LogP contribution < -0.4 is 15.1 Å². The van der Waals surface area contributed by atoms with Gasteiger partial charge in [-0.3, -0.25) is 4.79 Å². The Kier molecular flexibility index (Phi) is 4.17. The summed E-state index contributed by atoms with van der Waals surface area (Å²) < 4.78 is 23.2. The third kappa shape index (κ3) is 3.17. The molecule has 2 bridgehead atoms. The molecule has 1 aromatic carbocycles. The van der Waals surface area contributed by atoms with Gasteiger partial charge in [0.05, 0.1) is 23.5 Å². The highest BCUT2D eigenvalue weighted by molar-refractivity contribution is 7.91. The molecule has 1 amide bonds. The zero-order valence-corrected chi connectivity index (χ0v) is 16.3. The van der Waals surface area contributed by atoms with E-state index in [9.17, 15) is 13.2 Å². The summed E-state index contributed by atoms with van der Waals surface area (Å²) in [5, 5.41) is 3.09. The lowest BCUT2D eigenvalue weighted by atomic mass is 9.73. The molecule has 4 aliphatic heterocycles. The van der Waals surface area contributed by atoms with E-state index in [1.165, 1.54) is 0 Å². The quantitative estimate of drug-likeness (QED) is 0.841. The normalized spacial score (nSPS) is 30.0. The van der Waals surface area contributed by atoms with Gasteiger partial charge < -0.3 is 15.1 Å². The Balaban J connectivity index is 1.54. The molecule has 4 aliphatic rings. The third-order valence-corrected chi connectivity index (χ3v) is 7.81. The average molecular weight is 378 g/mol. The van der Waals surface area contributed by atoms with Crippen LogP contribution in [-0.4, -0.2) is 58.1 Å². The fourth-order valence-corrected chi connectivity index (χ4v) is 5.84. The second-order valence-corrected chi connectivity index (χ2v) is 10.8. The van der Waals surface area contributed by atoms with Crippen molar-refractivity contribution in [3.05, 3.63) is 24.3 Å². The van der Waals surface area contributed by atoms with E-state index in [2.05, 4.69) is 53.2 Å². The van der Waals surface area contributed by atoms with Crippen LogP contribution in [0.25, 0.3) is 0 Å². The van der Waals surface area contributed by atoms with Gasteiger partial charge in [0, 0.05) is 37.6 Å². The topological polar surface area (TPSA) is 69.7 Å². The number of benzene rings is 1. The molecule has 4 heterocycles. The van der Waals surface area contributed by atoms with E-state index in [1.54, 1.807) is 0 Å². The highest BCUT2D eigenvalue weighted by Crippen LogP contribution is 2.42. The molecule has 2 atom stereocenters. The fraction of sp³-hybridized carbons (Fsp3) is 0.632. The summed E-state index contributed by atoms with van der Waals surface area (Å²) in [5.41, 5.74) is 2.29. The van der Waals surface area contributed by atoms with E-state index in [1.807, 2.05) is 0 Å². The second kappa shape index (κ2) is 6.15. The Morgan fingerprint density at radius 1 is 1.08 bits per heavy atom. The highest BCUT2D eigenvalue weighted by atomic mass is 32.2. The van der Waals surface area contributed by atoms with Gasteiger partial charge in [0.1, 0.15) is 0 Å². The predicted molar refractivity (Wildman–Crippen MR) is 103 cm³/mol. The largest absolute Gasteiger partial charge is 0.369 e. The molecule has 0 aromatic heterocycles. The smallest absolute Gasteiger partial charge is 0.224 e. The Morgan fingerprint density at radius 2 is 1.69 bits per heavy atom. The molecule has 0 radical (unpaired) electrons. The molecule has 0 saturated carbocycles. The van der Waals surface area contributed by atoms with Crippen molar-refractivity contribution < 1.29 is 13.2 Å². The molecule has 4 saturated heterocycles. The first-order chi connectivity index (χ1) is 12.3. The number of sulfone groups is 1. The number of carbonyl (C=O) groups is 1. The van der Waals surface area contributed by atoms with Crippen molar-refractivity contribution in [2.45, 2.75) is 26.3 Å². The lowest BCUT2D eigenvalue weighted by Crippen LogP contribution is -2.53. The number of hydrogen-bond acceptors (Lipinski definition) is 5. The van der Waals surface area contributed by atoms with Gasteiger partial charge in [-0.05, 0) is 36.1 Å². The molecule has 6 nitrogen and oxygen atoms in total. The summed E-state index contributed by atoms with van der Waals surface area (Å²) in [6.07, 6.45) is 0.931. The summed E-state index contributed by atoms with van der Waals surface area (Å²) in [5.74, 6) is 0.670. The lowest BCUT2D eigenvalue weighted by Gasteiger charge is -2.47. The molecule has 0 aliphatic carbocycles. The zero-order valence-electron chi connectivity index (χ0n) is 15.4. The predicted octanol–water partition coefficient (Wildman–Crippen LogP) is 1.27. The fourth-order valence-electron chi connectivity index (χ4n) is 4.64. The van der Waals surface area contributed by atoms with E-state index >= 15 is 0 Å². The van der Waals surface area contributed by atoms with Crippen molar-refractivity contribution in [1.29, 1.82) is 0 Å². The van der Waals surface area contributed by atoms with Gasteiger partial charge in [0.15, 0.2) is 9.84 Å². The minimum Gasteiger partial charge on any atom is -0.369 e. The van der Waals surface area contributed by atoms with Gasteiger partial charge in [0.25, 0.3) is 0 Å². The number of anilines is 2. The van der Waals surface area contributed by atoms with Gasteiger partial charge in [-0.15, -0.1) is 0 Å². The molecule has 0 spiro atoms. The number of carbonyl (C=O) groups excluding carboxylic acids is 1. The number of rotatable bonds is 2. The molecule has 5 rings (SSSR count). The van der Waals surface area contributed by atoms with E-state index < -0.39 is 9.84 Å².